The molecule has 2 unspecified atom stereocenters. The zero-order valence-electron chi connectivity index (χ0n) is 13.6. The van der Waals surface area contributed by atoms with Crippen molar-refractivity contribution in [2.45, 2.75) is 70.9 Å². The van der Waals surface area contributed by atoms with Gasteiger partial charge in [-0.2, -0.15) is 0 Å². The van der Waals surface area contributed by atoms with Crippen molar-refractivity contribution in [2.75, 3.05) is 6.61 Å². The van der Waals surface area contributed by atoms with E-state index < -0.39 is 6.10 Å². The van der Waals surface area contributed by atoms with Crippen LogP contribution < -0.4 is 10.5 Å². The van der Waals surface area contributed by atoms with Crippen LogP contribution in [-0.4, -0.2) is 23.9 Å². The van der Waals surface area contributed by atoms with E-state index in [1.54, 1.807) is 0 Å². The van der Waals surface area contributed by atoms with Crippen molar-refractivity contribution < 1.29 is 9.84 Å². The first kappa shape index (κ1) is 18.0. The Labute approximate surface area is 129 Å². The fraction of sp³-hybridized carbons (Fsp3) is 0.667. The van der Waals surface area contributed by atoms with Crippen molar-refractivity contribution in [2.24, 2.45) is 5.73 Å². The van der Waals surface area contributed by atoms with E-state index in [0.717, 1.165) is 44.5 Å². The number of benzene rings is 1. The molecule has 0 amide bonds. The molecule has 0 fully saturated rings. The number of aliphatic hydroxyl groups excluding tert-OH is 1. The number of rotatable bonds is 11. The molecule has 0 aliphatic heterocycles. The Hall–Kier alpha value is -1.06. The van der Waals surface area contributed by atoms with Gasteiger partial charge in [-0.05, 0) is 43.4 Å². The second-order valence-corrected chi connectivity index (χ2v) is 5.76. The Bertz CT molecular complexity index is 364. The fourth-order valence-corrected chi connectivity index (χ4v) is 2.35. The molecule has 21 heavy (non-hydrogen) atoms. The van der Waals surface area contributed by atoms with Crippen LogP contribution in [0.25, 0.3) is 0 Å². The smallest absolute Gasteiger partial charge is 0.119 e. The molecule has 0 aromatic heterocycles. The van der Waals surface area contributed by atoms with Gasteiger partial charge in [0.25, 0.3) is 0 Å². The molecule has 3 N–H and O–H groups in total. The highest BCUT2D eigenvalue weighted by Crippen LogP contribution is 2.15. The summed E-state index contributed by atoms with van der Waals surface area (Å²) in [6.07, 6.45) is 6.61. The molecule has 0 spiro atoms. The number of nitrogens with two attached hydrogens (primary N) is 1. The Morgan fingerprint density at radius 2 is 1.76 bits per heavy atom. The number of ether oxygens (including phenoxy) is 1. The minimum atomic E-state index is -0.407. The van der Waals surface area contributed by atoms with Crippen LogP contribution in [0.4, 0.5) is 0 Å². The Kier molecular flexibility index (Phi) is 9.11. The van der Waals surface area contributed by atoms with Gasteiger partial charge >= 0.3 is 0 Å². The van der Waals surface area contributed by atoms with E-state index in [-0.39, 0.29) is 6.04 Å². The highest BCUT2D eigenvalue weighted by Gasteiger charge is 2.13. The second kappa shape index (κ2) is 10.6. The summed E-state index contributed by atoms with van der Waals surface area (Å²) < 4.78 is 5.69. The third kappa shape index (κ3) is 7.49. The molecular formula is C18H31NO2. The molecule has 1 rings (SSSR count). The largest absolute Gasteiger partial charge is 0.494 e. The number of aliphatic hydroxyl groups is 1. The van der Waals surface area contributed by atoms with Crippen LogP contribution >= 0.6 is 0 Å². The summed E-state index contributed by atoms with van der Waals surface area (Å²) in [6, 6.07) is 8.08. The molecule has 3 nitrogen and oxygen atoms in total. The highest BCUT2D eigenvalue weighted by atomic mass is 16.5. The summed E-state index contributed by atoms with van der Waals surface area (Å²) in [6.45, 7) is 5.07. The average Bonchev–Trinajstić information content (AvgIpc) is 2.50. The fourth-order valence-electron chi connectivity index (χ4n) is 2.35. The molecule has 1 aromatic rings. The molecule has 120 valence electrons. The monoisotopic (exact) mass is 293 g/mol. The van der Waals surface area contributed by atoms with Crippen LogP contribution in [0, 0.1) is 0 Å². The third-order valence-corrected chi connectivity index (χ3v) is 3.78. The summed E-state index contributed by atoms with van der Waals surface area (Å²) in [5.41, 5.74) is 7.15. The lowest BCUT2D eigenvalue weighted by Gasteiger charge is -2.18. The SMILES string of the molecule is CCCCCOc1ccc(CCC(O)C(N)CCC)cc1. The first-order valence-corrected chi connectivity index (χ1v) is 8.32. The first-order valence-electron chi connectivity index (χ1n) is 8.32. The molecule has 2 atom stereocenters. The number of aryl methyl sites for hydroxylation is 1. The van der Waals surface area contributed by atoms with Crippen LogP contribution in [0.3, 0.4) is 0 Å². The van der Waals surface area contributed by atoms with E-state index in [9.17, 15) is 5.11 Å². The van der Waals surface area contributed by atoms with Gasteiger partial charge in [0, 0.05) is 6.04 Å². The van der Waals surface area contributed by atoms with Gasteiger partial charge in [0.15, 0.2) is 0 Å². The average molecular weight is 293 g/mol. The normalized spacial score (nSPS) is 13.9. The van der Waals surface area contributed by atoms with E-state index in [4.69, 9.17) is 10.5 Å². The molecule has 0 saturated carbocycles. The van der Waals surface area contributed by atoms with Gasteiger partial charge in [-0.25, -0.2) is 0 Å². The van der Waals surface area contributed by atoms with Gasteiger partial charge in [0.1, 0.15) is 5.75 Å². The third-order valence-electron chi connectivity index (χ3n) is 3.78. The Morgan fingerprint density at radius 1 is 1.05 bits per heavy atom. The molecule has 0 heterocycles. The summed E-state index contributed by atoms with van der Waals surface area (Å²) in [4.78, 5) is 0. The summed E-state index contributed by atoms with van der Waals surface area (Å²) in [5, 5.41) is 9.98. The van der Waals surface area contributed by atoms with Gasteiger partial charge in [-0.15, -0.1) is 0 Å². The van der Waals surface area contributed by atoms with Gasteiger partial charge in [0.2, 0.25) is 0 Å². The maximum Gasteiger partial charge on any atom is 0.119 e. The lowest BCUT2D eigenvalue weighted by Crippen LogP contribution is -2.34. The van der Waals surface area contributed by atoms with Crippen LogP contribution in [-0.2, 0) is 6.42 Å². The van der Waals surface area contributed by atoms with Gasteiger partial charge in [-0.1, -0.05) is 45.2 Å². The van der Waals surface area contributed by atoms with E-state index in [2.05, 4.69) is 26.0 Å². The standard InChI is InChI=1S/C18H31NO2/c1-3-5-6-14-21-16-11-8-15(9-12-16)10-13-18(20)17(19)7-4-2/h8-9,11-12,17-18,20H,3-7,10,13-14,19H2,1-2H3. The number of hydrogen-bond donors (Lipinski definition) is 2. The first-order chi connectivity index (χ1) is 10.2. The number of unbranched alkanes of at least 4 members (excludes halogenated alkanes) is 2. The van der Waals surface area contributed by atoms with Crippen LogP contribution in [0.15, 0.2) is 24.3 Å². The van der Waals surface area contributed by atoms with Crippen LogP contribution in [0.5, 0.6) is 5.75 Å². The molecule has 1 aromatic carbocycles. The predicted molar refractivity (Wildman–Crippen MR) is 88.7 cm³/mol. The van der Waals surface area contributed by atoms with Crippen molar-refractivity contribution in [1.82, 2.24) is 0 Å². The summed E-state index contributed by atoms with van der Waals surface area (Å²) >= 11 is 0. The van der Waals surface area contributed by atoms with E-state index in [1.807, 2.05) is 12.1 Å². The van der Waals surface area contributed by atoms with Gasteiger partial charge < -0.3 is 15.6 Å². The zero-order chi connectivity index (χ0) is 15.5. The van der Waals surface area contributed by atoms with Crippen molar-refractivity contribution in [3.8, 4) is 5.75 Å². The topological polar surface area (TPSA) is 55.5 Å². The molecule has 0 radical (unpaired) electrons. The van der Waals surface area contributed by atoms with Crippen molar-refractivity contribution in [1.29, 1.82) is 0 Å². The Balaban J connectivity index is 2.30. The van der Waals surface area contributed by atoms with Crippen LogP contribution in [0.2, 0.25) is 0 Å². The maximum atomic E-state index is 9.98. The molecule has 0 bridgehead atoms. The van der Waals surface area contributed by atoms with Gasteiger partial charge in [-0.3, -0.25) is 0 Å². The quantitative estimate of drug-likeness (QED) is 0.612. The predicted octanol–water partition coefficient (Wildman–Crippen LogP) is 3.68. The van der Waals surface area contributed by atoms with Crippen molar-refractivity contribution in [3.05, 3.63) is 29.8 Å². The zero-order valence-corrected chi connectivity index (χ0v) is 13.6. The van der Waals surface area contributed by atoms with E-state index >= 15 is 0 Å². The lowest BCUT2D eigenvalue weighted by atomic mass is 9.99. The molecule has 0 aliphatic rings. The molecule has 3 heteroatoms. The minimum Gasteiger partial charge on any atom is -0.494 e. The number of hydrogen-bond acceptors (Lipinski definition) is 3. The van der Waals surface area contributed by atoms with Gasteiger partial charge in [0.05, 0.1) is 12.7 Å². The second-order valence-electron chi connectivity index (χ2n) is 5.76. The summed E-state index contributed by atoms with van der Waals surface area (Å²) in [5.74, 6) is 0.929. The summed E-state index contributed by atoms with van der Waals surface area (Å²) in [7, 11) is 0. The van der Waals surface area contributed by atoms with Crippen LogP contribution in [0.1, 0.15) is 57.9 Å². The Morgan fingerprint density at radius 3 is 2.38 bits per heavy atom. The molecule has 0 saturated heterocycles. The lowest BCUT2D eigenvalue weighted by molar-refractivity contribution is 0.131. The van der Waals surface area contributed by atoms with E-state index in [0.29, 0.717) is 0 Å². The minimum absolute atomic E-state index is 0.101. The molecular weight excluding hydrogens is 262 g/mol. The molecule has 0 aliphatic carbocycles. The van der Waals surface area contributed by atoms with Crippen molar-refractivity contribution in [3.63, 3.8) is 0 Å². The highest BCUT2D eigenvalue weighted by molar-refractivity contribution is 5.27. The van der Waals surface area contributed by atoms with E-state index in [1.165, 1.54) is 18.4 Å². The van der Waals surface area contributed by atoms with Crippen molar-refractivity contribution >= 4 is 0 Å². The maximum absolute atomic E-state index is 9.98.